The summed E-state index contributed by atoms with van der Waals surface area (Å²) in [7, 11) is 0. The first-order valence-electron chi connectivity index (χ1n) is 19.2. The van der Waals surface area contributed by atoms with Gasteiger partial charge in [0, 0.05) is 31.6 Å². The summed E-state index contributed by atoms with van der Waals surface area (Å²) in [6.07, 6.45) is 14.2. The Morgan fingerprint density at radius 1 is 0.867 bits per heavy atom. The molecule has 2 N–H and O–H groups in total. The summed E-state index contributed by atoms with van der Waals surface area (Å²) >= 11 is 0. The fourth-order valence-corrected chi connectivity index (χ4v) is 14.3. The average molecular weight is 623 g/mol. The van der Waals surface area contributed by atoms with Crippen LogP contribution in [0.4, 0.5) is 0 Å². The standard InChI is InChI=1S/C40H66N2O3/c1-25(2)29-23-30(36(44)41-27-9-8-26(22-27)24-42-18-20-45-21-19-42)28-12-16-39(6)31(35(28)29)10-11-33-38(5)15-14-34(43)37(3,4)32(38)13-17-40(33,39)7/h26-35,43H,1,8-24H2,2-7H3,(H,41,44)/t26-,27+,28?,29-,30+,31+,32-,33+,34-,35+,38-,39+,40+/m0/s1. The highest BCUT2D eigenvalue weighted by Crippen LogP contribution is 2.76. The van der Waals surface area contributed by atoms with Crippen LogP contribution >= 0.6 is 0 Å². The average Bonchev–Trinajstić information content (AvgIpc) is 3.60. The van der Waals surface area contributed by atoms with Crippen LogP contribution < -0.4 is 5.32 Å². The first-order chi connectivity index (χ1) is 21.3. The third-order valence-electron chi connectivity index (χ3n) is 16.8. The van der Waals surface area contributed by atoms with E-state index in [9.17, 15) is 9.90 Å². The lowest BCUT2D eigenvalue weighted by molar-refractivity contribution is -0.241. The van der Waals surface area contributed by atoms with Gasteiger partial charge in [-0.15, -0.1) is 0 Å². The van der Waals surface area contributed by atoms with Gasteiger partial charge in [-0.3, -0.25) is 9.69 Å². The zero-order valence-corrected chi connectivity index (χ0v) is 29.7. The van der Waals surface area contributed by atoms with Crippen LogP contribution in [0.2, 0.25) is 0 Å². The van der Waals surface area contributed by atoms with Crippen molar-refractivity contribution in [2.75, 3.05) is 32.8 Å². The Bertz CT molecular complexity index is 1150. The van der Waals surface area contributed by atoms with Crippen molar-refractivity contribution in [1.29, 1.82) is 0 Å². The van der Waals surface area contributed by atoms with Crippen molar-refractivity contribution in [2.24, 2.45) is 69.0 Å². The number of amides is 1. The van der Waals surface area contributed by atoms with Gasteiger partial charge in [0.2, 0.25) is 5.91 Å². The number of allylic oxidation sites excluding steroid dienone is 1. The Hall–Kier alpha value is -0.910. The highest BCUT2D eigenvalue weighted by atomic mass is 16.5. The van der Waals surface area contributed by atoms with Gasteiger partial charge in [0.15, 0.2) is 0 Å². The molecule has 254 valence electrons. The largest absolute Gasteiger partial charge is 0.393 e. The van der Waals surface area contributed by atoms with Crippen molar-refractivity contribution in [3.8, 4) is 0 Å². The molecule has 5 heteroatoms. The number of aliphatic hydroxyl groups is 1. The lowest BCUT2D eigenvalue weighted by atomic mass is 9.33. The maximum Gasteiger partial charge on any atom is 0.223 e. The van der Waals surface area contributed by atoms with Crippen LogP contribution in [0.5, 0.6) is 0 Å². The fraction of sp³-hybridized carbons (Fsp3) is 0.925. The highest BCUT2D eigenvalue weighted by Gasteiger charge is 2.69. The summed E-state index contributed by atoms with van der Waals surface area (Å²) in [6, 6.07) is 0.350. The van der Waals surface area contributed by atoms with Crippen LogP contribution in [0.3, 0.4) is 0 Å². The van der Waals surface area contributed by atoms with E-state index in [4.69, 9.17) is 4.74 Å². The monoisotopic (exact) mass is 623 g/mol. The van der Waals surface area contributed by atoms with Gasteiger partial charge in [-0.05, 0) is 147 Å². The molecule has 1 amide bonds. The number of hydrogen-bond acceptors (Lipinski definition) is 4. The Kier molecular flexibility index (Phi) is 8.42. The Labute approximate surface area is 275 Å². The van der Waals surface area contributed by atoms with Crippen molar-refractivity contribution in [3.05, 3.63) is 12.2 Å². The van der Waals surface area contributed by atoms with Gasteiger partial charge in [0.25, 0.3) is 0 Å². The van der Waals surface area contributed by atoms with Crippen LogP contribution in [0.15, 0.2) is 12.2 Å². The van der Waals surface area contributed by atoms with E-state index >= 15 is 0 Å². The number of aliphatic hydroxyl groups excluding tert-OH is 1. The predicted octanol–water partition coefficient (Wildman–Crippen LogP) is 7.48. The van der Waals surface area contributed by atoms with Crippen LogP contribution in [-0.4, -0.2) is 60.9 Å². The first-order valence-corrected chi connectivity index (χ1v) is 19.2. The molecule has 0 aromatic carbocycles. The smallest absolute Gasteiger partial charge is 0.223 e. The Balaban J connectivity index is 1.07. The lowest BCUT2D eigenvalue weighted by Crippen LogP contribution is -2.66. The molecule has 0 bridgehead atoms. The van der Waals surface area contributed by atoms with E-state index in [0.29, 0.717) is 63.7 Å². The Morgan fingerprint density at radius 2 is 1.60 bits per heavy atom. The first kappa shape index (κ1) is 32.6. The number of nitrogens with one attached hydrogen (secondary N) is 1. The van der Waals surface area contributed by atoms with E-state index in [0.717, 1.165) is 57.9 Å². The van der Waals surface area contributed by atoms with Crippen molar-refractivity contribution < 1.29 is 14.6 Å². The van der Waals surface area contributed by atoms with E-state index in [1.165, 1.54) is 63.5 Å². The summed E-state index contributed by atoms with van der Waals surface area (Å²) in [5, 5.41) is 14.7. The number of ether oxygens (including phenoxy) is 1. The summed E-state index contributed by atoms with van der Waals surface area (Å²) in [5.41, 5.74) is 2.27. The number of carbonyl (C=O) groups excluding carboxylic acids is 1. The highest BCUT2D eigenvalue weighted by molar-refractivity contribution is 5.80. The third kappa shape index (κ3) is 5.04. The molecule has 45 heavy (non-hydrogen) atoms. The Morgan fingerprint density at radius 3 is 2.33 bits per heavy atom. The van der Waals surface area contributed by atoms with E-state index in [1.807, 2.05) is 0 Å². The molecule has 1 aliphatic heterocycles. The molecule has 6 aliphatic carbocycles. The number of rotatable bonds is 5. The molecule has 1 heterocycles. The quantitative estimate of drug-likeness (QED) is 0.312. The minimum Gasteiger partial charge on any atom is -0.393 e. The lowest BCUT2D eigenvalue weighted by Gasteiger charge is -2.72. The summed E-state index contributed by atoms with van der Waals surface area (Å²) in [6.45, 7) is 24.6. The maximum atomic E-state index is 14.2. The molecule has 5 nitrogen and oxygen atoms in total. The number of carbonyl (C=O) groups is 1. The molecule has 7 fully saturated rings. The molecule has 0 aromatic heterocycles. The maximum absolute atomic E-state index is 14.2. The molecular formula is C40H66N2O3. The van der Waals surface area contributed by atoms with Crippen molar-refractivity contribution >= 4 is 5.91 Å². The molecule has 1 unspecified atom stereocenters. The van der Waals surface area contributed by atoms with Crippen LogP contribution in [0.1, 0.15) is 119 Å². The van der Waals surface area contributed by atoms with Crippen LogP contribution in [-0.2, 0) is 9.53 Å². The number of hydrogen-bond donors (Lipinski definition) is 2. The molecule has 0 radical (unpaired) electrons. The molecule has 7 rings (SSSR count). The van der Waals surface area contributed by atoms with E-state index in [-0.39, 0.29) is 17.4 Å². The molecule has 13 atom stereocenters. The molecule has 7 aliphatic rings. The van der Waals surface area contributed by atoms with Crippen LogP contribution in [0.25, 0.3) is 0 Å². The molecule has 0 aromatic rings. The molecule has 1 saturated heterocycles. The van der Waals surface area contributed by atoms with E-state index < -0.39 is 0 Å². The zero-order chi connectivity index (χ0) is 31.9. The van der Waals surface area contributed by atoms with E-state index in [2.05, 4.69) is 58.3 Å². The fourth-order valence-electron chi connectivity index (χ4n) is 14.3. The van der Waals surface area contributed by atoms with Gasteiger partial charge in [0.1, 0.15) is 0 Å². The van der Waals surface area contributed by atoms with Crippen molar-refractivity contribution in [2.45, 2.75) is 131 Å². The second-order valence-corrected chi connectivity index (χ2v) is 18.9. The minimum absolute atomic E-state index is 0.00265. The topological polar surface area (TPSA) is 61.8 Å². The zero-order valence-electron chi connectivity index (χ0n) is 29.7. The molecular weight excluding hydrogens is 556 g/mol. The van der Waals surface area contributed by atoms with Gasteiger partial charge < -0.3 is 15.2 Å². The van der Waals surface area contributed by atoms with Crippen molar-refractivity contribution in [3.63, 3.8) is 0 Å². The van der Waals surface area contributed by atoms with Crippen LogP contribution in [0, 0.1) is 69.0 Å². The summed E-state index contributed by atoms with van der Waals surface area (Å²) in [5.74, 6) is 4.82. The summed E-state index contributed by atoms with van der Waals surface area (Å²) in [4.78, 5) is 16.7. The van der Waals surface area contributed by atoms with Gasteiger partial charge in [-0.25, -0.2) is 0 Å². The number of nitrogens with zero attached hydrogens (tertiary/aromatic N) is 1. The third-order valence-corrected chi connectivity index (χ3v) is 16.8. The second-order valence-electron chi connectivity index (χ2n) is 18.9. The van der Waals surface area contributed by atoms with Gasteiger partial charge >= 0.3 is 0 Å². The van der Waals surface area contributed by atoms with E-state index in [1.54, 1.807) is 0 Å². The predicted molar refractivity (Wildman–Crippen MR) is 181 cm³/mol. The minimum atomic E-state index is -0.167. The number of fused-ring (bicyclic) bond motifs is 7. The SMILES string of the molecule is C=C(C)[C@@H]1C[C@@H](C(=O)N[C@@H]2CC[C@H](CN3CCOCC3)C2)C2CC[C@]3(C)[C@H](CC[C@@H]4[C@@]5(C)CC[C@H](O)C(C)(C)[C@@H]5CC[C@]43C)[C@H]21. The summed E-state index contributed by atoms with van der Waals surface area (Å²) < 4.78 is 5.56. The van der Waals surface area contributed by atoms with Gasteiger partial charge in [-0.2, -0.15) is 0 Å². The van der Waals surface area contributed by atoms with Crippen molar-refractivity contribution in [1.82, 2.24) is 10.2 Å². The number of morpholine rings is 1. The normalized spacial score (nSPS) is 51.0. The molecule has 6 saturated carbocycles. The van der Waals surface area contributed by atoms with Gasteiger partial charge in [0.05, 0.1) is 19.3 Å². The van der Waals surface area contributed by atoms with Gasteiger partial charge in [-0.1, -0.05) is 46.8 Å². The second kappa shape index (κ2) is 11.6. The molecule has 0 spiro atoms.